The lowest BCUT2D eigenvalue weighted by atomic mass is 10.1. The monoisotopic (exact) mass is 245 g/mol. The third-order valence-corrected chi connectivity index (χ3v) is 3.83. The number of aromatic amines is 1. The largest absolute Gasteiger partial charge is 0.343 e. The lowest BCUT2D eigenvalue weighted by Crippen LogP contribution is -2.14. The van der Waals surface area contributed by atoms with Gasteiger partial charge in [-0.05, 0) is 50.9 Å². The molecule has 1 atom stereocenters. The van der Waals surface area contributed by atoms with Gasteiger partial charge in [0.15, 0.2) is 0 Å². The van der Waals surface area contributed by atoms with Crippen LogP contribution in [0.15, 0.2) is 23.1 Å². The molecule has 3 rings (SSSR count). The van der Waals surface area contributed by atoms with Crippen molar-refractivity contribution in [1.82, 2.24) is 14.9 Å². The fourth-order valence-electron chi connectivity index (χ4n) is 2.84. The van der Waals surface area contributed by atoms with Crippen LogP contribution in [0.3, 0.4) is 0 Å². The summed E-state index contributed by atoms with van der Waals surface area (Å²) >= 11 is 0. The van der Waals surface area contributed by atoms with Crippen LogP contribution in [0.1, 0.15) is 18.5 Å². The van der Waals surface area contributed by atoms with E-state index in [1.807, 2.05) is 25.3 Å². The van der Waals surface area contributed by atoms with Crippen molar-refractivity contribution in [2.45, 2.75) is 26.3 Å². The molecular formula is C14H19N3O. The fourth-order valence-corrected chi connectivity index (χ4v) is 2.84. The first-order valence-corrected chi connectivity index (χ1v) is 6.63. The van der Waals surface area contributed by atoms with Crippen LogP contribution in [0.2, 0.25) is 0 Å². The van der Waals surface area contributed by atoms with Gasteiger partial charge in [0.2, 0.25) is 0 Å². The van der Waals surface area contributed by atoms with E-state index < -0.39 is 0 Å². The number of H-pyrrole nitrogens is 1. The first-order chi connectivity index (χ1) is 8.74. The van der Waals surface area contributed by atoms with Crippen LogP contribution in [0, 0.1) is 12.8 Å². The van der Waals surface area contributed by atoms with E-state index in [4.69, 9.17) is 0 Å². The Morgan fingerprint density at radius 1 is 1.50 bits per heavy atom. The van der Waals surface area contributed by atoms with Crippen LogP contribution in [0.4, 0.5) is 0 Å². The summed E-state index contributed by atoms with van der Waals surface area (Å²) in [7, 11) is 0. The van der Waals surface area contributed by atoms with Crippen molar-refractivity contribution in [2.75, 3.05) is 13.1 Å². The van der Waals surface area contributed by atoms with E-state index in [-0.39, 0.29) is 5.56 Å². The van der Waals surface area contributed by atoms with Gasteiger partial charge in [-0.3, -0.25) is 4.79 Å². The van der Waals surface area contributed by atoms with Crippen LogP contribution < -0.4 is 10.9 Å². The molecule has 2 N–H and O–H groups in total. The molecule has 18 heavy (non-hydrogen) atoms. The molecule has 1 aliphatic rings. The van der Waals surface area contributed by atoms with Gasteiger partial charge in [-0.25, -0.2) is 0 Å². The Labute approximate surface area is 106 Å². The smallest absolute Gasteiger partial charge is 0.272 e. The van der Waals surface area contributed by atoms with Crippen LogP contribution in [0.5, 0.6) is 0 Å². The van der Waals surface area contributed by atoms with E-state index >= 15 is 0 Å². The molecule has 1 saturated heterocycles. The van der Waals surface area contributed by atoms with Gasteiger partial charge in [-0.1, -0.05) is 0 Å². The normalized spacial score (nSPS) is 19.7. The Balaban J connectivity index is 1.85. The quantitative estimate of drug-likeness (QED) is 0.863. The van der Waals surface area contributed by atoms with Gasteiger partial charge in [-0.2, -0.15) is 0 Å². The summed E-state index contributed by atoms with van der Waals surface area (Å²) in [6.07, 6.45) is 4.43. The molecule has 0 saturated carbocycles. The number of hydrogen-bond donors (Lipinski definition) is 2. The highest BCUT2D eigenvalue weighted by Gasteiger charge is 2.15. The zero-order valence-electron chi connectivity index (χ0n) is 10.7. The molecule has 4 heteroatoms. The van der Waals surface area contributed by atoms with Crippen molar-refractivity contribution in [3.8, 4) is 0 Å². The Morgan fingerprint density at radius 2 is 2.39 bits per heavy atom. The number of aryl methyl sites for hydroxylation is 2. The molecule has 1 fully saturated rings. The van der Waals surface area contributed by atoms with E-state index in [0.29, 0.717) is 0 Å². The molecule has 96 valence electrons. The van der Waals surface area contributed by atoms with Gasteiger partial charge in [0, 0.05) is 23.8 Å². The molecular weight excluding hydrogens is 226 g/mol. The summed E-state index contributed by atoms with van der Waals surface area (Å²) in [5.74, 6) is 0.756. The SMILES string of the molecule is Cc1cc2ccn(CCC3CCNC3)c2c(=O)[nH]1. The second kappa shape index (κ2) is 4.61. The van der Waals surface area contributed by atoms with E-state index in [9.17, 15) is 4.79 Å². The minimum atomic E-state index is 0.0274. The molecule has 0 aliphatic carbocycles. The first kappa shape index (κ1) is 11.5. The van der Waals surface area contributed by atoms with Gasteiger partial charge < -0.3 is 14.9 Å². The number of rotatable bonds is 3. The Bertz CT molecular complexity index is 605. The molecule has 2 aromatic rings. The van der Waals surface area contributed by atoms with Crippen LogP contribution in [-0.4, -0.2) is 22.6 Å². The predicted octanol–water partition coefficient (Wildman–Crippen LogP) is 1.64. The Morgan fingerprint density at radius 3 is 3.17 bits per heavy atom. The highest BCUT2D eigenvalue weighted by molar-refractivity contribution is 5.79. The maximum Gasteiger partial charge on any atom is 0.272 e. The minimum Gasteiger partial charge on any atom is -0.343 e. The zero-order chi connectivity index (χ0) is 12.5. The van der Waals surface area contributed by atoms with Crippen molar-refractivity contribution >= 4 is 10.9 Å². The van der Waals surface area contributed by atoms with Crippen molar-refractivity contribution in [3.05, 3.63) is 34.4 Å². The summed E-state index contributed by atoms with van der Waals surface area (Å²) in [5.41, 5.74) is 1.76. The second-order valence-electron chi connectivity index (χ2n) is 5.24. The molecule has 0 amide bonds. The number of fused-ring (bicyclic) bond motifs is 1. The standard InChI is InChI=1S/C14H19N3O/c1-10-8-12-4-7-17(13(12)14(18)16-10)6-3-11-2-5-15-9-11/h4,7-8,11,15H,2-3,5-6,9H2,1H3,(H,16,18). The number of pyridine rings is 1. The van der Waals surface area contributed by atoms with Gasteiger partial charge in [0.1, 0.15) is 5.52 Å². The molecule has 0 bridgehead atoms. The van der Waals surface area contributed by atoms with Crippen LogP contribution >= 0.6 is 0 Å². The van der Waals surface area contributed by atoms with Crippen molar-refractivity contribution in [2.24, 2.45) is 5.92 Å². The summed E-state index contributed by atoms with van der Waals surface area (Å²) in [6, 6.07) is 4.06. The summed E-state index contributed by atoms with van der Waals surface area (Å²) < 4.78 is 2.09. The third-order valence-electron chi connectivity index (χ3n) is 3.83. The van der Waals surface area contributed by atoms with Gasteiger partial charge in [0.25, 0.3) is 5.56 Å². The van der Waals surface area contributed by atoms with E-state index in [1.54, 1.807) is 0 Å². The van der Waals surface area contributed by atoms with Gasteiger partial charge in [0.05, 0.1) is 0 Å². The maximum absolute atomic E-state index is 12.0. The van der Waals surface area contributed by atoms with E-state index in [1.165, 1.54) is 6.42 Å². The average molecular weight is 245 g/mol. The molecule has 3 heterocycles. The number of nitrogens with one attached hydrogen (secondary N) is 2. The summed E-state index contributed by atoms with van der Waals surface area (Å²) in [5, 5.41) is 4.42. The van der Waals surface area contributed by atoms with Crippen LogP contribution in [-0.2, 0) is 6.54 Å². The van der Waals surface area contributed by atoms with Crippen molar-refractivity contribution < 1.29 is 0 Å². The molecule has 1 unspecified atom stereocenters. The van der Waals surface area contributed by atoms with Crippen LogP contribution in [0.25, 0.3) is 10.9 Å². The predicted molar refractivity (Wildman–Crippen MR) is 72.9 cm³/mol. The number of hydrogen-bond acceptors (Lipinski definition) is 2. The molecule has 2 aromatic heterocycles. The molecule has 0 aromatic carbocycles. The zero-order valence-corrected chi connectivity index (χ0v) is 10.7. The lowest BCUT2D eigenvalue weighted by Gasteiger charge is -2.09. The van der Waals surface area contributed by atoms with E-state index in [0.717, 1.165) is 48.6 Å². The first-order valence-electron chi connectivity index (χ1n) is 6.63. The fraction of sp³-hybridized carbons (Fsp3) is 0.500. The molecule has 4 nitrogen and oxygen atoms in total. The highest BCUT2D eigenvalue weighted by atomic mass is 16.1. The number of nitrogens with zero attached hydrogens (tertiary/aromatic N) is 1. The second-order valence-corrected chi connectivity index (χ2v) is 5.24. The van der Waals surface area contributed by atoms with Gasteiger partial charge >= 0.3 is 0 Å². The lowest BCUT2D eigenvalue weighted by molar-refractivity contribution is 0.486. The summed E-state index contributed by atoms with van der Waals surface area (Å²) in [4.78, 5) is 14.9. The van der Waals surface area contributed by atoms with E-state index in [2.05, 4.69) is 14.9 Å². The highest BCUT2D eigenvalue weighted by Crippen LogP contribution is 2.17. The Hall–Kier alpha value is -1.55. The molecule has 0 spiro atoms. The maximum atomic E-state index is 12.0. The minimum absolute atomic E-state index is 0.0274. The number of aromatic nitrogens is 2. The topological polar surface area (TPSA) is 49.8 Å². The van der Waals surface area contributed by atoms with Gasteiger partial charge in [-0.15, -0.1) is 0 Å². The van der Waals surface area contributed by atoms with Crippen molar-refractivity contribution in [3.63, 3.8) is 0 Å². The summed E-state index contributed by atoms with van der Waals surface area (Å²) in [6.45, 7) is 5.11. The third kappa shape index (κ3) is 2.08. The average Bonchev–Trinajstić information content (AvgIpc) is 2.94. The Kier molecular flexibility index (Phi) is 2.96. The van der Waals surface area contributed by atoms with Crippen molar-refractivity contribution in [1.29, 1.82) is 0 Å². The molecule has 0 radical (unpaired) electrons. The molecule has 1 aliphatic heterocycles.